The number of hydrogen-bond acceptors (Lipinski definition) is 3. The summed E-state index contributed by atoms with van der Waals surface area (Å²) < 4.78 is 3.36. The highest BCUT2D eigenvalue weighted by Crippen LogP contribution is 2.24. The van der Waals surface area contributed by atoms with E-state index < -0.39 is 0 Å². The third-order valence-electron chi connectivity index (χ3n) is 4.42. The Morgan fingerprint density at radius 1 is 1.15 bits per heavy atom. The minimum Gasteiger partial charge on any atom is -0.345 e. The summed E-state index contributed by atoms with van der Waals surface area (Å²) in [6, 6.07) is 11.2. The number of rotatable bonds is 3. The molecule has 0 aliphatic heterocycles. The van der Waals surface area contributed by atoms with E-state index in [9.17, 15) is 9.59 Å². The Hall–Kier alpha value is -2.89. The van der Waals surface area contributed by atoms with Crippen molar-refractivity contribution in [3.63, 3.8) is 0 Å². The van der Waals surface area contributed by atoms with Gasteiger partial charge in [-0.25, -0.2) is 9.78 Å². The first-order chi connectivity index (χ1) is 12.6. The van der Waals surface area contributed by atoms with Crippen LogP contribution in [-0.4, -0.2) is 39.0 Å². The molecule has 0 atom stereocenters. The molecular formula is C21H26N4O2. The number of fused-ring (bicyclic) bond motifs is 1. The summed E-state index contributed by atoms with van der Waals surface area (Å²) >= 11 is 0. The lowest BCUT2D eigenvalue weighted by molar-refractivity contribution is 0.0827. The fourth-order valence-electron chi connectivity index (χ4n) is 3.13. The summed E-state index contributed by atoms with van der Waals surface area (Å²) in [5, 5.41) is 0. The van der Waals surface area contributed by atoms with Gasteiger partial charge in [0.1, 0.15) is 0 Å². The highest BCUT2D eigenvalue weighted by atomic mass is 16.2. The van der Waals surface area contributed by atoms with Gasteiger partial charge >= 0.3 is 5.69 Å². The van der Waals surface area contributed by atoms with E-state index in [1.165, 1.54) is 0 Å². The topological polar surface area (TPSA) is 60.1 Å². The second-order valence-electron chi connectivity index (χ2n) is 8.31. The van der Waals surface area contributed by atoms with Gasteiger partial charge in [0.15, 0.2) is 5.65 Å². The molecule has 0 unspecified atom stereocenters. The van der Waals surface area contributed by atoms with Crippen LogP contribution in [0.15, 0.2) is 41.2 Å². The van der Waals surface area contributed by atoms with E-state index in [2.05, 4.69) is 20.8 Å². The smallest absolute Gasteiger partial charge is 0.330 e. The minimum atomic E-state index is -0.0684. The Balaban J connectivity index is 2.11. The molecular weight excluding hydrogens is 340 g/mol. The molecule has 142 valence electrons. The molecule has 0 spiro atoms. The normalized spacial score (nSPS) is 11.8. The Morgan fingerprint density at radius 3 is 2.48 bits per heavy atom. The van der Waals surface area contributed by atoms with Gasteiger partial charge in [-0.05, 0) is 29.7 Å². The molecule has 0 aliphatic carbocycles. The maximum absolute atomic E-state index is 12.7. The van der Waals surface area contributed by atoms with Gasteiger partial charge in [-0.1, -0.05) is 32.9 Å². The number of carbonyl (C=O) groups excluding carboxylic acids is 1. The van der Waals surface area contributed by atoms with Crippen molar-refractivity contribution in [3.05, 3.63) is 52.4 Å². The second-order valence-corrected chi connectivity index (χ2v) is 8.31. The molecule has 3 rings (SSSR count). The van der Waals surface area contributed by atoms with Crippen molar-refractivity contribution < 1.29 is 4.79 Å². The first-order valence-electron chi connectivity index (χ1n) is 8.97. The van der Waals surface area contributed by atoms with Crippen LogP contribution in [0.2, 0.25) is 0 Å². The van der Waals surface area contributed by atoms with Gasteiger partial charge in [0.2, 0.25) is 0 Å². The fourth-order valence-corrected chi connectivity index (χ4v) is 3.13. The summed E-state index contributed by atoms with van der Waals surface area (Å²) in [6.07, 6.45) is 0. The molecule has 0 fully saturated rings. The lowest BCUT2D eigenvalue weighted by Crippen LogP contribution is -2.27. The molecule has 1 aromatic carbocycles. The fraction of sp³-hybridized carbons (Fsp3) is 0.381. The van der Waals surface area contributed by atoms with Crippen LogP contribution in [0.5, 0.6) is 0 Å². The molecule has 6 nitrogen and oxygen atoms in total. The zero-order valence-electron chi connectivity index (χ0n) is 16.8. The summed E-state index contributed by atoms with van der Waals surface area (Å²) in [6.45, 7) is 6.94. The average Bonchev–Trinajstić information content (AvgIpc) is 2.84. The van der Waals surface area contributed by atoms with E-state index in [0.717, 1.165) is 16.8 Å². The Bertz CT molecular complexity index is 1070. The number of nitrogens with zero attached hydrogens (tertiary/aromatic N) is 4. The third-order valence-corrected chi connectivity index (χ3v) is 4.42. The zero-order valence-corrected chi connectivity index (χ0v) is 16.8. The highest BCUT2D eigenvalue weighted by Gasteiger charge is 2.19. The predicted octanol–water partition coefficient (Wildman–Crippen LogP) is 3.15. The summed E-state index contributed by atoms with van der Waals surface area (Å²) in [7, 11) is 5.20. The number of hydrogen-bond donors (Lipinski definition) is 0. The molecule has 6 heteroatoms. The van der Waals surface area contributed by atoms with Crippen LogP contribution in [-0.2, 0) is 13.6 Å². The predicted molar refractivity (Wildman–Crippen MR) is 108 cm³/mol. The monoisotopic (exact) mass is 366 g/mol. The number of aryl methyl sites for hydroxylation is 1. The standard InChI is InChI=1S/C21H26N4O2/c1-21(2,3)13-25-17-11-10-16(22-18(17)24(6)20(25)27)14-8-7-9-15(12-14)19(26)23(4)5/h7-12H,13H2,1-6H3. The van der Waals surface area contributed by atoms with Gasteiger partial charge in [0, 0.05) is 38.8 Å². The van der Waals surface area contributed by atoms with Crippen molar-refractivity contribution in [1.82, 2.24) is 19.0 Å². The number of amides is 1. The van der Waals surface area contributed by atoms with Crippen molar-refractivity contribution in [1.29, 1.82) is 0 Å². The van der Waals surface area contributed by atoms with E-state index in [1.54, 1.807) is 41.2 Å². The zero-order chi connectivity index (χ0) is 19.9. The van der Waals surface area contributed by atoms with Gasteiger partial charge in [-0.15, -0.1) is 0 Å². The molecule has 0 bridgehead atoms. The van der Waals surface area contributed by atoms with Gasteiger partial charge in [-0.3, -0.25) is 13.9 Å². The SMILES string of the molecule is CN(C)C(=O)c1cccc(-c2ccc3c(n2)n(C)c(=O)n3CC(C)(C)C)c1. The number of pyridine rings is 1. The van der Waals surface area contributed by atoms with E-state index in [4.69, 9.17) is 4.98 Å². The Kier molecular flexibility index (Phi) is 4.68. The van der Waals surface area contributed by atoms with Crippen LogP contribution in [0.1, 0.15) is 31.1 Å². The van der Waals surface area contributed by atoms with Gasteiger partial charge in [-0.2, -0.15) is 0 Å². The van der Waals surface area contributed by atoms with Crippen molar-refractivity contribution in [2.45, 2.75) is 27.3 Å². The quantitative estimate of drug-likeness (QED) is 0.715. The average molecular weight is 366 g/mol. The number of benzene rings is 1. The Labute approximate surface area is 159 Å². The number of aromatic nitrogens is 3. The van der Waals surface area contributed by atoms with Gasteiger partial charge in [0.25, 0.3) is 5.91 Å². The van der Waals surface area contributed by atoms with E-state index in [1.807, 2.05) is 30.3 Å². The summed E-state index contributed by atoms with van der Waals surface area (Å²) in [5.41, 5.74) is 3.57. The molecule has 0 saturated heterocycles. The second kappa shape index (κ2) is 6.68. The molecule has 2 aromatic heterocycles. The van der Waals surface area contributed by atoms with Crippen molar-refractivity contribution in [2.75, 3.05) is 14.1 Å². The molecule has 27 heavy (non-hydrogen) atoms. The van der Waals surface area contributed by atoms with Crippen LogP contribution < -0.4 is 5.69 Å². The minimum absolute atomic E-state index is 0.0162. The van der Waals surface area contributed by atoms with Crippen molar-refractivity contribution in [3.8, 4) is 11.3 Å². The largest absolute Gasteiger partial charge is 0.345 e. The molecule has 2 heterocycles. The van der Waals surface area contributed by atoms with Crippen LogP contribution in [0.4, 0.5) is 0 Å². The van der Waals surface area contributed by atoms with E-state index >= 15 is 0 Å². The first kappa shape index (κ1) is 18.9. The molecule has 3 aromatic rings. The van der Waals surface area contributed by atoms with Crippen LogP contribution in [0, 0.1) is 5.41 Å². The molecule has 0 radical (unpaired) electrons. The lowest BCUT2D eigenvalue weighted by Gasteiger charge is -2.18. The van der Waals surface area contributed by atoms with Gasteiger partial charge < -0.3 is 4.90 Å². The van der Waals surface area contributed by atoms with Crippen molar-refractivity contribution in [2.24, 2.45) is 12.5 Å². The van der Waals surface area contributed by atoms with E-state index in [-0.39, 0.29) is 17.0 Å². The van der Waals surface area contributed by atoms with Gasteiger partial charge in [0.05, 0.1) is 11.2 Å². The molecule has 0 saturated carbocycles. The molecule has 1 amide bonds. The number of imidazole rings is 1. The van der Waals surface area contributed by atoms with Crippen molar-refractivity contribution >= 4 is 17.1 Å². The van der Waals surface area contributed by atoms with E-state index in [0.29, 0.717) is 17.8 Å². The maximum Gasteiger partial charge on any atom is 0.330 e. The summed E-state index contributed by atoms with van der Waals surface area (Å²) in [5.74, 6) is -0.0540. The lowest BCUT2D eigenvalue weighted by atomic mass is 9.97. The third kappa shape index (κ3) is 3.65. The first-order valence-corrected chi connectivity index (χ1v) is 8.97. The van der Waals surface area contributed by atoms with Crippen LogP contribution >= 0.6 is 0 Å². The maximum atomic E-state index is 12.7. The Morgan fingerprint density at radius 2 is 1.85 bits per heavy atom. The van der Waals surface area contributed by atoms with Crippen LogP contribution in [0.25, 0.3) is 22.4 Å². The summed E-state index contributed by atoms with van der Waals surface area (Å²) in [4.78, 5) is 31.2. The number of carbonyl (C=O) groups is 1. The molecule has 0 aliphatic rings. The van der Waals surface area contributed by atoms with Crippen LogP contribution in [0.3, 0.4) is 0 Å². The molecule has 0 N–H and O–H groups in total. The highest BCUT2D eigenvalue weighted by molar-refractivity contribution is 5.95.